The summed E-state index contributed by atoms with van der Waals surface area (Å²) < 4.78 is 15.4. The lowest BCUT2D eigenvalue weighted by atomic mass is 9.88. The van der Waals surface area contributed by atoms with Gasteiger partial charge in [-0.3, -0.25) is 4.79 Å². The fourth-order valence-electron chi connectivity index (χ4n) is 2.61. The van der Waals surface area contributed by atoms with Crippen molar-refractivity contribution in [1.82, 2.24) is 4.90 Å². The summed E-state index contributed by atoms with van der Waals surface area (Å²) in [4.78, 5) is 13.7. The van der Waals surface area contributed by atoms with Crippen LogP contribution in [0.15, 0.2) is 0 Å². The fourth-order valence-corrected chi connectivity index (χ4v) is 2.61. The van der Waals surface area contributed by atoms with E-state index in [1.165, 1.54) is 12.8 Å². The highest BCUT2D eigenvalue weighted by atomic mass is 16.7. The maximum absolute atomic E-state index is 11.9. The van der Waals surface area contributed by atoms with E-state index in [0.29, 0.717) is 6.73 Å². The van der Waals surface area contributed by atoms with Crippen molar-refractivity contribution in [2.24, 2.45) is 5.92 Å². The smallest absolute Gasteiger partial charge is 0.256 e. The van der Waals surface area contributed by atoms with Gasteiger partial charge in [-0.25, -0.2) is 0 Å². The van der Waals surface area contributed by atoms with Crippen molar-refractivity contribution in [2.75, 3.05) is 27.7 Å². The van der Waals surface area contributed by atoms with Gasteiger partial charge in [0, 0.05) is 14.2 Å². The van der Waals surface area contributed by atoms with Crippen molar-refractivity contribution in [3.8, 4) is 0 Å². The molecule has 1 saturated heterocycles. The molecule has 0 radical (unpaired) electrons. The average molecular weight is 273 g/mol. The molecule has 0 N–H and O–H groups in total. The summed E-state index contributed by atoms with van der Waals surface area (Å²) in [5.74, 6) is 0.733. The van der Waals surface area contributed by atoms with E-state index in [9.17, 15) is 4.79 Å². The Morgan fingerprint density at radius 2 is 1.89 bits per heavy atom. The normalized spacial score (nSPS) is 23.0. The number of likely N-dealkylation sites (tertiary alicyclic amines) is 1. The van der Waals surface area contributed by atoms with Gasteiger partial charge in [0.1, 0.15) is 13.5 Å². The maximum Gasteiger partial charge on any atom is 0.256 e. The van der Waals surface area contributed by atoms with Gasteiger partial charge in [0.15, 0.2) is 6.10 Å². The standard InChI is InChI=1S/C14H27NO4/c1-5-11(6-2)7-8-12-13(19-10-18-4)14(16)15(12)9-17-3/h11-13H,5-10H2,1-4H3/t12-,13+/m0/s1. The van der Waals surface area contributed by atoms with Crippen molar-refractivity contribution < 1.29 is 19.0 Å². The third-order valence-electron chi connectivity index (χ3n) is 3.94. The highest BCUT2D eigenvalue weighted by Crippen LogP contribution is 2.29. The summed E-state index contributed by atoms with van der Waals surface area (Å²) >= 11 is 0. The first-order chi connectivity index (χ1) is 9.19. The number of hydrogen-bond acceptors (Lipinski definition) is 4. The molecule has 0 unspecified atom stereocenters. The molecule has 0 aromatic carbocycles. The third kappa shape index (κ3) is 4.16. The molecule has 2 atom stereocenters. The molecule has 19 heavy (non-hydrogen) atoms. The zero-order chi connectivity index (χ0) is 14.3. The van der Waals surface area contributed by atoms with Gasteiger partial charge in [-0.15, -0.1) is 0 Å². The lowest BCUT2D eigenvalue weighted by Gasteiger charge is -2.46. The van der Waals surface area contributed by atoms with Gasteiger partial charge in [0.2, 0.25) is 0 Å². The number of β-lactam (4-membered cyclic amide) rings is 1. The quantitative estimate of drug-likeness (QED) is 0.451. The number of amides is 1. The number of carbonyl (C=O) groups is 1. The zero-order valence-corrected chi connectivity index (χ0v) is 12.6. The first-order valence-corrected chi connectivity index (χ1v) is 7.09. The monoisotopic (exact) mass is 273 g/mol. The molecule has 112 valence electrons. The summed E-state index contributed by atoms with van der Waals surface area (Å²) in [6.45, 7) is 4.94. The lowest BCUT2D eigenvalue weighted by molar-refractivity contribution is -0.197. The van der Waals surface area contributed by atoms with Gasteiger partial charge in [0.05, 0.1) is 6.04 Å². The van der Waals surface area contributed by atoms with Crippen LogP contribution >= 0.6 is 0 Å². The van der Waals surface area contributed by atoms with Gasteiger partial charge in [-0.1, -0.05) is 26.7 Å². The predicted molar refractivity (Wildman–Crippen MR) is 72.6 cm³/mol. The van der Waals surface area contributed by atoms with E-state index >= 15 is 0 Å². The van der Waals surface area contributed by atoms with Crippen LogP contribution in [0.4, 0.5) is 0 Å². The Morgan fingerprint density at radius 3 is 2.42 bits per heavy atom. The summed E-state index contributed by atoms with van der Waals surface area (Å²) in [5.41, 5.74) is 0. The van der Waals surface area contributed by atoms with Gasteiger partial charge < -0.3 is 19.1 Å². The Hall–Kier alpha value is -0.650. The highest BCUT2D eigenvalue weighted by Gasteiger charge is 2.47. The molecule has 1 aliphatic heterocycles. The Bertz CT molecular complexity index is 268. The Balaban J connectivity index is 2.49. The molecule has 0 spiro atoms. The minimum atomic E-state index is -0.357. The molecule has 5 nitrogen and oxygen atoms in total. The molecule has 0 bridgehead atoms. The molecule has 5 heteroatoms. The molecule has 0 aromatic rings. The SMILES string of the molecule is CCC(CC)CC[C@H]1[C@@H](OCOC)C(=O)N1COC. The van der Waals surface area contributed by atoms with Crippen LogP contribution < -0.4 is 0 Å². The second-order valence-corrected chi connectivity index (χ2v) is 5.05. The summed E-state index contributed by atoms with van der Waals surface area (Å²) in [6, 6.07) is 0.128. The summed E-state index contributed by atoms with van der Waals surface area (Å²) in [7, 11) is 3.17. The molecule has 1 amide bonds. The van der Waals surface area contributed by atoms with Gasteiger partial charge in [-0.05, 0) is 18.8 Å². The van der Waals surface area contributed by atoms with Crippen molar-refractivity contribution in [1.29, 1.82) is 0 Å². The van der Waals surface area contributed by atoms with Gasteiger partial charge in [-0.2, -0.15) is 0 Å². The summed E-state index contributed by atoms with van der Waals surface area (Å²) in [6.07, 6.45) is 4.11. The highest BCUT2D eigenvalue weighted by molar-refractivity contribution is 5.88. The van der Waals surface area contributed by atoms with Crippen LogP contribution in [0.5, 0.6) is 0 Å². The number of nitrogens with zero attached hydrogens (tertiary/aromatic N) is 1. The lowest BCUT2D eigenvalue weighted by Crippen LogP contribution is -2.66. The molecule has 0 aromatic heterocycles. The first-order valence-electron chi connectivity index (χ1n) is 7.09. The minimum absolute atomic E-state index is 0.00782. The van der Waals surface area contributed by atoms with Crippen molar-refractivity contribution >= 4 is 5.91 Å². The van der Waals surface area contributed by atoms with Crippen LogP contribution in [0.1, 0.15) is 39.5 Å². The number of hydrogen-bond donors (Lipinski definition) is 0. The number of methoxy groups -OCH3 is 2. The zero-order valence-electron chi connectivity index (χ0n) is 12.6. The van der Waals surface area contributed by atoms with Gasteiger partial charge in [0.25, 0.3) is 5.91 Å². The number of rotatable bonds is 10. The van der Waals surface area contributed by atoms with Crippen molar-refractivity contribution in [2.45, 2.75) is 51.7 Å². The molecule has 0 aliphatic carbocycles. The van der Waals surface area contributed by atoms with Crippen LogP contribution in [-0.2, 0) is 19.0 Å². The van der Waals surface area contributed by atoms with Crippen molar-refractivity contribution in [3.63, 3.8) is 0 Å². The first kappa shape index (κ1) is 16.4. The fraction of sp³-hybridized carbons (Fsp3) is 0.929. The molecule has 1 fully saturated rings. The van der Waals surface area contributed by atoms with E-state index < -0.39 is 0 Å². The van der Waals surface area contributed by atoms with E-state index in [4.69, 9.17) is 14.2 Å². The third-order valence-corrected chi connectivity index (χ3v) is 3.94. The van der Waals surface area contributed by atoms with E-state index in [1.54, 1.807) is 19.1 Å². The van der Waals surface area contributed by atoms with Crippen LogP contribution in [0.3, 0.4) is 0 Å². The minimum Gasteiger partial charge on any atom is -0.364 e. The Kier molecular flexibility index (Phi) is 7.34. The average Bonchev–Trinajstić information content (AvgIpc) is 2.44. The molecule has 1 rings (SSSR count). The predicted octanol–water partition coefficient (Wildman–Crippen LogP) is 2.01. The number of ether oxygens (including phenoxy) is 3. The number of carbonyl (C=O) groups excluding carboxylic acids is 1. The molecular formula is C14H27NO4. The van der Waals surface area contributed by atoms with Crippen LogP contribution in [0, 0.1) is 5.92 Å². The second kappa shape index (κ2) is 8.51. The van der Waals surface area contributed by atoms with Crippen molar-refractivity contribution in [3.05, 3.63) is 0 Å². The molecular weight excluding hydrogens is 246 g/mol. The van der Waals surface area contributed by atoms with Gasteiger partial charge >= 0.3 is 0 Å². The Labute approximate surface area is 116 Å². The van der Waals surface area contributed by atoms with Crippen LogP contribution in [-0.4, -0.2) is 50.7 Å². The largest absolute Gasteiger partial charge is 0.364 e. The van der Waals surface area contributed by atoms with E-state index in [0.717, 1.165) is 18.8 Å². The summed E-state index contributed by atoms with van der Waals surface area (Å²) in [5, 5.41) is 0. The maximum atomic E-state index is 11.9. The second-order valence-electron chi connectivity index (χ2n) is 5.05. The molecule has 1 aliphatic rings. The van der Waals surface area contributed by atoms with E-state index in [-0.39, 0.29) is 24.8 Å². The van der Waals surface area contributed by atoms with E-state index in [1.807, 2.05) is 0 Å². The van der Waals surface area contributed by atoms with Crippen LogP contribution in [0.2, 0.25) is 0 Å². The molecule has 1 heterocycles. The topological polar surface area (TPSA) is 48.0 Å². The molecule has 0 saturated carbocycles. The van der Waals surface area contributed by atoms with E-state index in [2.05, 4.69) is 13.8 Å². The van der Waals surface area contributed by atoms with Crippen LogP contribution in [0.25, 0.3) is 0 Å². The Morgan fingerprint density at radius 1 is 1.21 bits per heavy atom.